The summed E-state index contributed by atoms with van der Waals surface area (Å²) in [6.45, 7) is 8.03. The highest BCUT2D eigenvalue weighted by Crippen LogP contribution is 2.16. The van der Waals surface area contributed by atoms with Crippen molar-refractivity contribution < 1.29 is 9.53 Å². The number of carbonyl (C=O) groups excluding carboxylic acids is 1. The van der Waals surface area contributed by atoms with Crippen LogP contribution in [0.2, 0.25) is 0 Å². The van der Waals surface area contributed by atoms with Crippen LogP contribution in [0.5, 0.6) is 5.75 Å². The molecule has 3 nitrogen and oxygen atoms in total. The summed E-state index contributed by atoms with van der Waals surface area (Å²) < 4.78 is 5.60. The van der Waals surface area contributed by atoms with Gasteiger partial charge in [0, 0.05) is 11.1 Å². The van der Waals surface area contributed by atoms with Gasteiger partial charge in [-0.1, -0.05) is 30.3 Å². The predicted molar refractivity (Wildman–Crippen MR) is 93.9 cm³/mol. The molecule has 0 heterocycles. The van der Waals surface area contributed by atoms with Crippen molar-refractivity contribution >= 4 is 5.91 Å². The normalized spacial score (nSPS) is 11.3. The minimum Gasteiger partial charge on any atom is -0.491 e. The van der Waals surface area contributed by atoms with Crippen molar-refractivity contribution in [2.24, 2.45) is 0 Å². The monoisotopic (exact) mass is 311 g/mol. The highest BCUT2D eigenvalue weighted by molar-refractivity contribution is 5.94. The summed E-state index contributed by atoms with van der Waals surface area (Å²) in [5.74, 6) is 0.710. The summed E-state index contributed by atoms with van der Waals surface area (Å²) in [7, 11) is 0. The maximum absolute atomic E-state index is 12.4. The fourth-order valence-corrected chi connectivity index (χ4v) is 2.49. The van der Waals surface area contributed by atoms with E-state index in [0.717, 1.165) is 12.2 Å². The molecule has 0 unspecified atom stereocenters. The molecule has 0 saturated carbocycles. The summed E-state index contributed by atoms with van der Waals surface area (Å²) in [4.78, 5) is 12.4. The van der Waals surface area contributed by atoms with Crippen molar-refractivity contribution in [1.82, 2.24) is 5.32 Å². The first-order chi connectivity index (χ1) is 10.9. The molecule has 0 fully saturated rings. The Bertz CT molecular complexity index is 630. The molecular weight excluding hydrogens is 286 g/mol. The lowest BCUT2D eigenvalue weighted by molar-refractivity contribution is 0.0913. The van der Waals surface area contributed by atoms with Crippen molar-refractivity contribution in [3.05, 3.63) is 65.7 Å². The lowest BCUT2D eigenvalue weighted by atomic mass is 9.94. The van der Waals surface area contributed by atoms with Crippen LogP contribution < -0.4 is 10.1 Å². The summed E-state index contributed by atoms with van der Waals surface area (Å²) in [5.41, 5.74) is 1.53. The van der Waals surface area contributed by atoms with Gasteiger partial charge in [0.05, 0.1) is 6.10 Å². The average molecular weight is 311 g/mol. The van der Waals surface area contributed by atoms with E-state index in [-0.39, 0.29) is 17.6 Å². The maximum atomic E-state index is 12.4. The fourth-order valence-electron chi connectivity index (χ4n) is 2.49. The number of nitrogens with one attached hydrogen (secondary N) is 1. The molecule has 0 bridgehead atoms. The number of amides is 1. The fraction of sp³-hybridized carbons (Fsp3) is 0.350. The number of hydrogen-bond donors (Lipinski definition) is 1. The lowest BCUT2D eigenvalue weighted by Crippen LogP contribution is -2.45. The van der Waals surface area contributed by atoms with Crippen molar-refractivity contribution in [2.45, 2.75) is 45.8 Å². The van der Waals surface area contributed by atoms with Crippen LogP contribution in [0.25, 0.3) is 0 Å². The van der Waals surface area contributed by atoms with Crippen LogP contribution in [-0.4, -0.2) is 17.6 Å². The predicted octanol–water partition coefficient (Wildman–Crippen LogP) is 4.22. The highest BCUT2D eigenvalue weighted by atomic mass is 16.5. The molecule has 122 valence electrons. The third-order valence-corrected chi connectivity index (χ3v) is 3.43. The van der Waals surface area contributed by atoms with Crippen LogP contribution in [0.3, 0.4) is 0 Å². The van der Waals surface area contributed by atoms with E-state index in [1.807, 2.05) is 58.0 Å². The number of rotatable bonds is 6. The first-order valence-electron chi connectivity index (χ1n) is 7.99. The molecular formula is C20H25NO2. The van der Waals surface area contributed by atoms with Gasteiger partial charge in [-0.15, -0.1) is 0 Å². The van der Waals surface area contributed by atoms with E-state index in [1.54, 1.807) is 12.1 Å². The molecule has 0 saturated heterocycles. The zero-order valence-corrected chi connectivity index (χ0v) is 14.3. The largest absolute Gasteiger partial charge is 0.491 e. The van der Waals surface area contributed by atoms with Crippen molar-refractivity contribution in [2.75, 3.05) is 0 Å². The minimum absolute atomic E-state index is 0.0676. The van der Waals surface area contributed by atoms with Crippen molar-refractivity contribution in [3.8, 4) is 5.75 Å². The molecule has 0 aliphatic rings. The van der Waals surface area contributed by atoms with Gasteiger partial charge in [-0.2, -0.15) is 0 Å². The van der Waals surface area contributed by atoms with Gasteiger partial charge in [0.1, 0.15) is 5.75 Å². The summed E-state index contributed by atoms with van der Waals surface area (Å²) in [6, 6.07) is 17.4. The smallest absolute Gasteiger partial charge is 0.251 e. The van der Waals surface area contributed by atoms with Crippen LogP contribution in [0.15, 0.2) is 54.6 Å². The van der Waals surface area contributed by atoms with Gasteiger partial charge in [-0.05, 0) is 63.9 Å². The molecule has 0 aromatic heterocycles. The Morgan fingerprint density at radius 2 is 1.65 bits per heavy atom. The molecule has 1 amide bonds. The summed E-state index contributed by atoms with van der Waals surface area (Å²) in [6.07, 6.45) is 0.910. The van der Waals surface area contributed by atoms with Crippen molar-refractivity contribution in [3.63, 3.8) is 0 Å². The second kappa shape index (κ2) is 7.32. The van der Waals surface area contributed by atoms with Crippen molar-refractivity contribution in [1.29, 1.82) is 0 Å². The van der Waals surface area contributed by atoms with E-state index in [0.29, 0.717) is 5.56 Å². The first-order valence-corrected chi connectivity index (χ1v) is 7.99. The Morgan fingerprint density at radius 1 is 1.04 bits per heavy atom. The van der Waals surface area contributed by atoms with Crippen LogP contribution in [-0.2, 0) is 6.42 Å². The molecule has 0 aliphatic carbocycles. The molecule has 23 heavy (non-hydrogen) atoms. The Balaban J connectivity index is 2.00. The SMILES string of the molecule is CC(C)Oc1ccc(C(=O)NC(C)(C)Cc2ccccc2)cc1. The van der Waals surface area contributed by atoms with E-state index in [2.05, 4.69) is 17.4 Å². The quantitative estimate of drug-likeness (QED) is 0.867. The second-order valence-corrected chi connectivity index (χ2v) is 6.69. The van der Waals surface area contributed by atoms with E-state index in [9.17, 15) is 4.79 Å². The van der Waals surface area contributed by atoms with E-state index >= 15 is 0 Å². The Kier molecular flexibility index (Phi) is 5.43. The number of ether oxygens (including phenoxy) is 1. The molecule has 3 heteroatoms. The van der Waals surface area contributed by atoms with Gasteiger partial charge < -0.3 is 10.1 Å². The van der Waals surface area contributed by atoms with Gasteiger partial charge in [-0.3, -0.25) is 4.79 Å². The third kappa shape index (κ3) is 5.44. The number of carbonyl (C=O) groups is 1. The molecule has 2 rings (SSSR count). The Labute approximate surface area is 138 Å². The molecule has 1 N–H and O–H groups in total. The van der Waals surface area contributed by atoms with Gasteiger partial charge in [0.25, 0.3) is 5.91 Å². The molecule has 2 aromatic rings. The molecule has 0 aliphatic heterocycles. The molecule has 0 atom stereocenters. The molecule has 2 aromatic carbocycles. The topological polar surface area (TPSA) is 38.3 Å². The van der Waals surface area contributed by atoms with Gasteiger partial charge >= 0.3 is 0 Å². The van der Waals surface area contributed by atoms with Crippen LogP contribution >= 0.6 is 0 Å². The second-order valence-electron chi connectivity index (χ2n) is 6.69. The van der Waals surface area contributed by atoms with Gasteiger partial charge in [-0.25, -0.2) is 0 Å². The first kappa shape index (κ1) is 17.1. The standard InChI is InChI=1S/C20H25NO2/c1-15(2)23-18-12-10-17(11-13-18)19(22)21-20(3,4)14-16-8-6-5-7-9-16/h5-13,15H,14H2,1-4H3,(H,21,22). The average Bonchev–Trinajstić information content (AvgIpc) is 2.47. The number of benzene rings is 2. The van der Waals surface area contributed by atoms with Crippen LogP contribution in [0.4, 0.5) is 0 Å². The molecule has 0 radical (unpaired) electrons. The van der Waals surface area contributed by atoms with E-state index in [4.69, 9.17) is 4.74 Å². The maximum Gasteiger partial charge on any atom is 0.251 e. The van der Waals surface area contributed by atoms with Gasteiger partial charge in [0.2, 0.25) is 0 Å². The minimum atomic E-state index is -0.314. The lowest BCUT2D eigenvalue weighted by Gasteiger charge is -2.26. The Hall–Kier alpha value is -2.29. The third-order valence-electron chi connectivity index (χ3n) is 3.43. The van der Waals surface area contributed by atoms with E-state index < -0.39 is 0 Å². The zero-order chi connectivity index (χ0) is 16.9. The van der Waals surface area contributed by atoms with Crippen LogP contribution in [0, 0.1) is 0 Å². The highest BCUT2D eigenvalue weighted by Gasteiger charge is 2.21. The van der Waals surface area contributed by atoms with Gasteiger partial charge in [0.15, 0.2) is 0 Å². The summed E-state index contributed by atoms with van der Waals surface area (Å²) in [5, 5.41) is 3.10. The molecule has 0 spiro atoms. The number of hydrogen-bond acceptors (Lipinski definition) is 2. The zero-order valence-electron chi connectivity index (χ0n) is 14.3. The Morgan fingerprint density at radius 3 is 2.22 bits per heavy atom. The van der Waals surface area contributed by atoms with E-state index in [1.165, 1.54) is 5.56 Å². The van der Waals surface area contributed by atoms with Crippen LogP contribution in [0.1, 0.15) is 43.6 Å². The summed E-state index contributed by atoms with van der Waals surface area (Å²) >= 11 is 0.